The van der Waals surface area contributed by atoms with E-state index in [4.69, 9.17) is 20.5 Å². The highest BCUT2D eigenvalue weighted by molar-refractivity contribution is 5.53. The van der Waals surface area contributed by atoms with Crippen molar-refractivity contribution in [2.75, 3.05) is 12.8 Å². The average molecular weight is 258 g/mol. The number of halogens is 1. The van der Waals surface area contributed by atoms with E-state index in [-0.39, 0.29) is 11.3 Å². The average Bonchev–Trinajstić information content (AvgIpc) is 2.38. The standard InChI is InChI=1S/C14H11FN2O2/c1-18-10-5-9(17)6-11(7-10)19-14-4-2-3-13(15)12(14)8-16/h2-7H,17H2,1H3. The second kappa shape index (κ2) is 5.27. The quantitative estimate of drug-likeness (QED) is 0.859. The first-order chi connectivity index (χ1) is 9.13. The summed E-state index contributed by atoms with van der Waals surface area (Å²) in [4.78, 5) is 0. The maximum Gasteiger partial charge on any atom is 0.148 e. The maximum absolute atomic E-state index is 13.4. The van der Waals surface area contributed by atoms with Crippen LogP contribution in [-0.4, -0.2) is 7.11 Å². The molecule has 2 aromatic rings. The molecule has 0 aliphatic heterocycles. The molecule has 0 amide bonds. The number of nitriles is 1. The molecule has 0 spiro atoms. The van der Waals surface area contributed by atoms with Crippen LogP contribution in [0.5, 0.6) is 17.2 Å². The lowest BCUT2D eigenvalue weighted by atomic mass is 10.2. The van der Waals surface area contributed by atoms with E-state index >= 15 is 0 Å². The number of methoxy groups -OCH3 is 1. The van der Waals surface area contributed by atoms with E-state index in [2.05, 4.69) is 0 Å². The van der Waals surface area contributed by atoms with Crippen molar-refractivity contribution >= 4 is 5.69 Å². The summed E-state index contributed by atoms with van der Waals surface area (Å²) in [5, 5.41) is 8.91. The Morgan fingerprint density at radius 1 is 1.21 bits per heavy atom. The van der Waals surface area contributed by atoms with Crippen LogP contribution < -0.4 is 15.2 Å². The van der Waals surface area contributed by atoms with Gasteiger partial charge in [0.2, 0.25) is 0 Å². The van der Waals surface area contributed by atoms with Gasteiger partial charge >= 0.3 is 0 Å². The highest BCUT2D eigenvalue weighted by atomic mass is 19.1. The zero-order valence-corrected chi connectivity index (χ0v) is 10.2. The maximum atomic E-state index is 13.4. The number of rotatable bonds is 3. The lowest BCUT2D eigenvalue weighted by Gasteiger charge is -2.10. The number of hydrogen-bond donors (Lipinski definition) is 1. The van der Waals surface area contributed by atoms with Crippen molar-refractivity contribution in [1.29, 1.82) is 5.26 Å². The van der Waals surface area contributed by atoms with Crippen molar-refractivity contribution in [2.45, 2.75) is 0 Å². The van der Waals surface area contributed by atoms with Gasteiger partial charge in [0.25, 0.3) is 0 Å². The molecule has 0 atom stereocenters. The summed E-state index contributed by atoms with van der Waals surface area (Å²) in [6.07, 6.45) is 0. The molecule has 96 valence electrons. The Balaban J connectivity index is 2.39. The molecule has 0 radical (unpaired) electrons. The van der Waals surface area contributed by atoms with Crippen molar-refractivity contribution < 1.29 is 13.9 Å². The minimum Gasteiger partial charge on any atom is -0.497 e. The van der Waals surface area contributed by atoms with Crippen LogP contribution in [0, 0.1) is 17.1 Å². The van der Waals surface area contributed by atoms with Crippen LogP contribution in [0.25, 0.3) is 0 Å². The molecule has 0 saturated heterocycles. The van der Waals surface area contributed by atoms with Gasteiger partial charge in [-0.15, -0.1) is 0 Å². The van der Waals surface area contributed by atoms with Crippen LogP contribution in [0.15, 0.2) is 36.4 Å². The zero-order valence-electron chi connectivity index (χ0n) is 10.2. The van der Waals surface area contributed by atoms with Gasteiger partial charge in [-0.05, 0) is 12.1 Å². The normalized spacial score (nSPS) is 9.74. The van der Waals surface area contributed by atoms with Crippen LogP contribution in [0.3, 0.4) is 0 Å². The van der Waals surface area contributed by atoms with Crippen LogP contribution in [0.2, 0.25) is 0 Å². The molecule has 2 rings (SSSR count). The molecular weight excluding hydrogens is 247 g/mol. The van der Waals surface area contributed by atoms with Crippen molar-refractivity contribution in [1.82, 2.24) is 0 Å². The van der Waals surface area contributed by atoms with E-state index in [1.807, 2.05) is 0 Å². The topological polar surface area (TPSA) is 68.3 Å². The number of anilines is 1. The predicted octanol–water partition coefficient (Wildman–Crippen LogP) is 3.08. The first kappa shape index (κ1) is 12.7. The Bertz CT molecular complexity index is 650. The second-order valence-corrected chi connectivity index (χ2v) is 3.77. The third-order valence-electron chi connectivity index (χ3n) is 2.45. The van der Waals surface area contributed by atoms with Crippen molar-refractivity contribution in [3.63, 3.8) is 0 Å². The Morgan fingerprint density at radius 3 is 2.63 bits per heavy atom. The Kier molecular flexibility index (Phi) is 3.53. The van der Waals surface area contributed by atoms with Gasteiger partial charge in [-0.1, -0.05) is 6.07 Å². The highest BCUT2D eigenvalue weighted by Gasteiger charge is 2.10. The third-order valence-corrected chi connectivity index (χ3v) is 2.45. The van der Waals surface area contributed by atoms with Gasteiger partial charge in [0.05, 0.1) is 7.11 Å². The van der Waals surface area contributed by atoms with Gasteiger partial charge in [0.15, 0.2) is 0 Å². The van der Waals surface area contributed by atoms with Crippen molar-refractivity contribution in [3.8, 4) is 23.3 Å². The van der Waals surface area contributed by atoms with Crippen LogP contribution in [0.4, 0.5) is 10.1 Å². The Morgan fingerprint density at radius 2 is 1.95 bits per heavy atom. The molecule has 0 bridgehead atoms. The minimum atomic E-state index is -0.629. The summed E-state index contributed by atoms with van der Waals surface area (Å²) in [5.41, 5.74) is 5.99. The molecule has 0 aliphatic rings. The molecule has 0 unspecified atom stereocenters. The summed E-state index contributed by atoms with van der Waals surface area (Å²) in [7, 11) is 1.50. The molecule has 2 N–H and O–H groups in total. The number of ether oxygens (including phenoxy) is 2. The molecule has 0 aromatic heterocycles. The fraction of sp³-hybridized carbons (Fsp3) is 0.0714. The number of nitrogens with zero attached hydrogens (tertiary/aromatic N) is 1. The Labute approximate surface area is 109 Å². The molecule has 5 heteroatoms. The van der Waals surface area contributed by atoms with Gasteiger partial charge in [-0.25, -0.2) is 4.39 Å². The summed E-state index contributed by atoms with van der Waals surface area (Å²) in [6, 6.07) is 10.7. The monoisotopic (exact) mass is 258 g/mol. The van der Waals surface area contributed by atoms with E-state index < -0.39 is 5.82 Å². The predicted molar refractivity (Wildman–Crippen MR) is 68.6 cm³/mol. The molecule has 0 aliphatic carbocycles. The van der Waals surface area contributed by atoms with Gasteiger partial charge in [0.1, 0.15) is 34.7 Å². The molecule has 2 aromatic carbocycles. The zero-order chi connectivity index (χ0) is 13.8. The van der Waals surface area contributed by atoms with Crippen molar-refractivity contribution in [2.24, 2.45) is 0 Å². The fourth-order valence-corrected chi connectivity index (χ4v) is 1.60. The van der Waals surface area contributed by atoms with Gasteiger partial charge in [0, 0.05) is 23.9 Å². The SMILES string of the molecule is COc1cc(N)cc(Oc2cccc(F)c2C#N)c1. The highest BCUT2D eigenvalue weighted by Crippen LogP contribution is 2.30. The molecule has 0 fully saturated rings. The minimum absolute atomic E-state index is 0.134. The first-order valence-corrected chi connectivity index (χ1v) is 5.45. The van der Waals surface area contributed by atoms with E-state index in [1.54, 1.807) is 24.3 Å². The van der Waals surface area contributed by atoms with Crippen LogP contribution in [0.1, 0.15) is 5.56 Å². The van der Waals surface area contributed by atoms with Gasteiger partial charge in [-0.3, -0.25) is 0 Å². The van der Waals surface area contributed by atoms with E-state index in [0.29, 0.717) is 17.2 Å². The van der Waals surface area contributed by atoms with E-state index in [9.17, 15) is 4.39 Å². The van der Waals surface area contributed by atoms with Crippen LogP contribution in [-0.2, 0) is 0 Å². The summed E-state index contributed by atoms with van der Waals surface area (Å²) >= 11 is 0. The second-order valence-electron chi connectivity index (χ2n) is 3.77. The third kappa shape index (κ3) is 2.75. The summed E-state index contributed by atoms with van der Waals surface area (Å²) < 4.78 is 24.0. The lowest BCUT2D eigenvalue weighted by molar-refractivity contribution is 0.409. The van der Waals surface area contributed by atoms with Crippen LogP contribution >= 0.6 is 0 Å². The number of nitrogens with two attached hydrogens (primary N) is 1. The largest absolute Gasteiger partial charge is 0.497 e. The summed E-state index contributed by atoms with van der Waals surface area (Å²) in [5.74, 6) is 0.398. The molecule has 4 nitrogen and oxygen atoms in total. The molecule has 0 saturated carbocycles. The van der Waals surface area contributed by atoms with Gasteiger partial charge < -0.3 is 15.2 Å². The number of hydrogen-bond acceptors (Lipinski definition) is 4. The summed E-state index contributed by atoms with van der Waals surface area (Å²) in [6.45, 7) is 0. The smallest absolute Gasteiger partial charge is 0.148 e. The molecule has 0 heterocycles. The fourth-order valence-electron chi connectivity index (χ4n) is 1.60. The molecular formula is C14H11FN2O2. The van der Waals surface area contributed by atoms with E-state index in [0.717, 1.165) is 0 Å². The number of benzene rings is 2. The Hall–Kier alpha value is -2.74. The first-order valence-electron chi connectivity index (χ1n) is 5.45. The lowest BCUT2D eigenvalue weighted by Crippen LogP contribution is -1.94. The number of nitrogen functional groups attached to an aromatic ring is 1. The van der Waals surface area contributed by atoms with E-state index in [1.165, 1.54) is 25.3 Å². The molecule has 19 heavy (non-hydrogen) atoms. The van der Waals surface area contributed by atoms with Crippen molar-refractivity contribution in [3.05, 3.63) is 47.8 Å². The van der Waals surface area contributed by atoms with Gasteiger partial charge in [-0.2, -0.15) is 5.26 Å².